The van der Waals surface area contributed by atoms with Gasteiger partial charge in [-0.3, -0.25) is 4.79 Å². The van der Waals surface area contributed by atoms with Gasteiger partial charge in [-0.05, 0) is 56.4 Å². The minimum Gasteiger partial charge on any atom is -0.493 e. The maximum atomic E-state index is 10.3. The third kappa shape index (κ3) is 4.47. The van der Waals surface area contributed by atoms with Gasteiger partial charge in [-0.1, -0.05) is 6.07 Å². The second-order valence-electron chi connectivity index (χ2n) is 4.40. The summed E-state index contributed by atoms with van der Waals surface area (Å²) in [5.74, 6) is 0.172. The average molecular weight is 236 g/mol. The number of hydrogen-bond acceptors (Lipinski definition) is 2. The molecule has 0 atom stereocenters. The fraction of sp³-hybridized carbons (Fsp3) is 0.500. The van der Waals surface area contributed by atoms with Crippen LogP contribution in [0.2, 0.25) is 0 Å². The van der Waals surface area contributed by atoms with E-state index in [4.69, 9.17) is 9.84 Å². The molecule has 3 heteroatoms. The summed E-state index contributed by atoms with van der Waals surface area (Å²) >= 11 is 0. The molecule has 0 unspecified atom stereocenters. The maximum Gasteiger partial charge on any atom is 0.303 e. The molecule has 0 aliphatic heterocycles. The van der Waals surface area contributed by atoms with Crippen LogP contribution < -0.4 is 4.74 Å². The van der Waals surface area contributed by atoms with E-state index in [2.05, 4.69) is 13.0 Å². The first-order valence-electron chi connectivity index (χ1n) is 5.93. The number of carboxylic acids is 1. The lowest BCUT2D eigenvalue weighted by Crippen LogP contribution is -2.02. The van der Waals surface area contributed by atoms with E-state index in [1.54, 1.807) is 0 Å². The first-order valence-corrected chi connectivity index (χ1v) is 5.93. The number of ether oxygens (including phenoxy) is 1. The van der Waals surface area contributed by atoms with E-state index in [1.165, 1.54) is 11.1 Å². The highest BCUT2D eigenvalue weighted by molar-refractivity contribution is 5.66. The molecule has 0 saturated heterocycles. The van der Waals surface area contributed by atoms with E-state index in [0.29, 0.717) is 13.0 Å². The van der Waals surface area contributed by atoms with Gasteiger partial charge in [-0.2, -0.15) is 0 Å². The van der Waals surface area contributed by atoms with Gasteiger partial charge in [-0.15, -0.1) is 0 Å². The van der Waals surface area contributed by atoms with Crippen LogP contribution in [-0.2, 0) is 4.79 Å². The number of aliphatic carboxylic acids is 1. The van der Waals surface area contributed by atoms with Crippen molar-refractivity contribution in [2.24, 2.45) is 0 Å². The number of hydrogen-bond donors (Lipinski definition) is 1. The van der Waals surface area contributed by atoms with Crippen LogP contribution >= 0.6 is 0 Å². The Balaban J connectivity index is 2.44. The molecule has 0 saturated carbocycles. The summed E-state index contributed by atoms with van der Waals surface area (Å²) in [6.45, 7) is 6.74. The van der Waals surface area contributed by atoms with Crippen molar-refractivity contribution in [3.05, 3.63) is 28.8 Å². The van der Waals surface area contributed by atoms with Gasteiger partial charge >= 0.3 is 5.97 Å². The average Bonchev–Trinajstić information content (AvgIpc) is 2.23. The Labute approximate surface area is 102 Å². The number of benzene rings is 1. The highest BCUT2D eigenvalue weighted by Gasteiger charge is 2.04. The van der Waals surface area contributed by atoms with Crippen molar-refractivity contribution in [1.29, 1.82) is 0 Å². The molecule has 1 N–H and O–H groups in total. The number of unbranched alkanes of at least 4 members (excludes halogenated alkanes) is 1. The van der Waals surface area contributed by atoms with Crippen molar-refractivity contribution in [1.82, 2.24) is 0 Å². The van der Waals surface area contributed by atoms with Crippen molar-refractivity contribution in [3.63, 3.8) is 0 Å². The zero-order valence-corrected chi connectivity index (χ0v) is 10.7. The summed E-state index contributed by atoms with van der Waals surface area (Å²) in [7, 11) is 0. The fourth-order valence-corrected chi connectivity index (χ4v) is 1.71. The molecule has 17 heavy (non-hydrogen) atoms. The lowest BCUT2D eigenvalue weighted by molar-refractivity contribution is -0.137. The van der Waals surface area contributed by atoms with Crippen molar-refractivity contribution in [2.45, 2.75) is 40.0 Å². The SMILES string of the molecule is Cc1cc(C)c(C)c(OCCCCC(=O)O)c1. The van der Waals surface area contributed by atoms with Gasteiger partial charge in [0.05, 0.1) is 6.61 Å². The lowest BCUT2D eigenvalue weighted by Gasteiger charge is -2.12. The van der Waals surface area contributed by atoms with Gasteiger partial charge in [0, 0.05) is 6.42 Å². The van der Waals surface area contributed by atoms with Crippen molar-refractivity contribution in [3.8, 4) is 5.75 Å². The molecule has 0 aliphatic rings. The molecule has 0 aromatic heterocycles. The molecule has 0 bridgehead atoms. The Morgan fingerprint density at radius 2 is 1.94 bits per heavy atom. The quantitative estimate of drug-likeness (QED) is 0.771. The van der Waals surface area contributed by atoms with E-state index < -0.39 is 5.97 Å². The third-order valence-corrected chi connectivity index (χ3v) is 2.81. The summed E-state index contributed by atoms with van der Waals surface area (Å²) in [4.78, 5) is 10.3. The third-order valence-electron chi connectivity index (χ3n) is 2.81. The van der Waals surface area contributed by atoms with Gasteiger partial charge in [-0.25, -0.2) is 0 Å². The minimum atomic E-state index is -0.743. The first-order chi connectivity index (χ1) is 8.00. The Morgan fingerprint density at radius 1 is 1.24 bits per heavy atom. The van der Waals surface area contributed by atoms with E-state index in [1.807, 2.05) is 19.9 Å². The van der Waals surface area contributed by atoms with Crippen LogP contribution in [0.5, 0.6) is 5.75 Å². The van der Waals surface area contributed by atoms with Gasteiger partial charge in [0.25, 0.3) is 0 Å². The predicted octanol–water partition coefficient (Wildman–Crippen LogP) is 3.25. The highest BCUT2D eigenvalue weighted by Crippen LogP contribution is 2.23. The van der Waals surface area contributed by atoms with E-state index in [0.717, 1.165) is 17.7 Å². The molecule has 0 radical (unpaired) electrons. The van der Waals surface area contributed by atoms with Gasteiger partial charge < -0.3 is 9.84 Å². The molecule has 1 aromatic carbocycles. The number of aryl methyl sites for hydroxylation is 2. The minimum absolute atomic E-state index is 0.217. The molecule has 0 amide bonds. The lowest BCUT2D eigenvalue weighted by atomic mass is 10.1. The Morgan fingerprint density at radius 3 is 2.59 bits per heavy atom. The van der Waals surface area contributed by atoms with E-state index in [-0.39, 0.29) is 6.42 Å². The summed E-state index contributed by atoms with van der Waals surface area (Å²) in [6, 6.07) is 4.16. The van der Waals surface area contributed by atoms with Crippen LogP contribution in [0.1, 0.15) is 36.0 Å². The summed E-state index contributed by atoms with van der Waals surface area (Å²) in [5, 5.41) is 8.51. The Bertz CT molecular complexity index is 397. The molecule has 0 fully saturated rings. The molecule has 3 nitrogen and oxygen atoms in total. The zero-order chi connectivity index (χ0) is 12.8. The zero-order valence-electron chi connectivity index (χ0n) is 10.7. The highest BCUT2D eigenvalue weighted by atomic mass is 16.5. The van der Waals surface area contributed by atoms with Crippen LogP contribution in [0.3, 0.4) is 0 Å². The van der Waals surface area contributed by atoms with Gasteiger partial charge in [0.2, 0.25) is 0 Å². The smallest absolute Gasteiger partial charge is 0.303 e. The normalized spacial score (nSPS) is 10.3. The van der Waals surface area contributed by atoms with Crippen LogP contribution in [0.25, 0.3) is 0 Å². The second kappa shape index (κ2) is 6.28. The topological polar surface area (TPSA) is 46.5 Å². The van der Waals surface area contributed by atoms with E-state index in [9.17, 15) is 4.79 Å². The fourth-order valence-electron chi connectivity index (χ4n) is 1.71. The molecular formula is C14H20O3. The Kier molecular flexibility index (Phi) is 5.01. The van der Waals surface area contributed by atoms with Crippen molar-refractivity contribution >= 4 is 5.97 Å². The summed E-state index contributed by atoms with van der Waals surface area (Å²) in [5.41, 5.74) is 3.58. The largest absolute Gasteiger partial charge is 0.493 e. The molecular weight excluding hydrogens is 216 g/mol. The molecule has 0 aliphatic carbocycles. The number of carboxylic acid groups (broad SMARTS) is 1. The molecule has 0 spiro atoms. The van der Waals surface area contributed by atoms with Crippen LogP contribution in [0.15, 0.2) is 12.1 Å². The first kappa shape index (κ1) is 13.6. The van der Waals surface area contributed by atoms with Gasteiger partial charge in [0.15, 0.2) is 0 Å². The second-order valence-corrected chi connectivity index (χ2v) is 4.40. The number of carbonyl (C=O) groups is 1. The maximum absolute atomic E-state index is 10.3. The van der Waals surface area contributed by atoms with Crippen LogP contribution in [0, 0.1) is 20.8 Å². The van der Waals surface area contributed by atoms with Crippen molar-refractivity contribution < 1.29 is 14.6 Å². The molecule has 1 aromatic rings. The number of rotatable bonds is 6. The Hall–Kier alpha value is -1.51. The molecule has 94 valence electrons. The molecule has 0 heterocycles. The van der Waals surface area contributed by atoms with Crippen LogP contribution in [0.4, 0.5) is 0 Å². The monoisotopic (exact) mass is 236 g/mol. The standard InChI is InChI=1S/C14H20O3/c1-10-8-11(2)12(3)13(9-10)17-7-5-4-6-14(15)16/h8-9H,4-7H2,1-3H3,(H,15,16). The summed E-state index contributed by atoms with van der Waals surface area (Å²) in [6.07, 6.45) is 1.66. The molecule has 1 rings (SSSR count). The summed E-state index contributed by atoms with van der Waals surface area (Å²) < 4.78 is 5.69. The van der Waals surface area contributed by atoms with Crippen LogP contribution in [-0.4, -0.2) is 17.7 Å². The van der Waals surface area contributed by atoms with Crippen molar-refractivity contribution in [2.75, 3.05) is 6.61 Å². The van der Waals surface area contributed by atoms with Gasteiger partial charge in [0.1, 0.15) is 5.75 Å². The predicted molar refractivity (Wildman–Crippen MR) is 67.6 cm³/mol. The van der Waals surface area contributed by atoms with E-state index >= 15 is 0 Å².